The highest BCUT2D eigenvalue weighted by Gasteiger charge is 2.54. The molecule has 0 heterocycles. The first-order valence-corrected chi connectivity index (χ1v) is 10.3. The van der Waals surface area contributed by atoms with Gasteiger partial charge in [-0.2, -0.15) is 0 Å². The molecule has 4 atom stereocenters. The largest absolute Gasteiger partial charge is 0.507 e. The van der Waals surface area contributed by atoms with Gasteiger partial charge in [0.15, 0.2) is 17.7 Å². The van der Waals surface area contributed by atoms with Gasteiger partial charge in [-0.3, -0.25) is 14.4 Å². The second-order valence-electron chi connectivity index (χ2n) is 8.15. The molecule has 0 aromatic heterocycles. The molecule has 7 nitrogen and oxygen atoms in total. The van der Waals surface area contributed by atoms with Crippen molar-refractivity contribution in [1.29, 1.82) is 0 Å². The molecule has 2 unspecified atom stereocenters. The number of rotatable bonds is 3. The molecule has 8 heteroatoms. The Morgan fingerprint density at radius 1 is 1.16 bits per heavy atom. The summed E-state index contributed by atoms with van der Waals surface area (Å²) in [6.07, 6.45) is -2.57. The van der Waals surface area contributed by atoms with Gasteiger partial charge in [0, 0.05) is 33.4 Å². The van der Waals surface area contributed by atoms with E-state index in [0.29, 0.717) is 6.42 Å². The molecule has 0 spiro atoms. The van der Waals surface area contributed by atoms with Crippen LogP contribution in [0.1, 0.15) is 65.1 Å². The van der Waals surface area contributed by atoms with Crippen LogP contribution in [-0.4, -0.2) is 43.8 Å². The highest BCUT2D eigenvalue weighted by molar-refractivity contribution is 6.39. The minimum absolute atomic E-state index is 0.0133. The van der Waals surface area contributed by atoms with Crippen LogP contribution in [0.2, 0.25) is 0 Å². The van der Waals surface area contributed by atoms with Crippen LogP contribution in [0, 0.1) is 5.92 Å². The average Bonchev–Trinajstić information content (AvgIpc) is 3.04. The number of ketones is 2. The summed E-state index contributed by atoms with van der Waals surface area (Å²) in [7, 11) is 0. The van der Waals surface area contributed by atoms with Gasteiger partial charge in [-0.1, -0.05) is 26.0 Å². The number of aliphatic hydroxyl groups is 1. The van der Waals surface area contributed by atoms with Crippen molar-refractivity contribution in [2.45, 2.75) is 44.3 Å². The predicted octanol–water partition coefficient (Wildman–Crippen LogP) is 3.49. The van der Waals surface area contributed by atoms with E-state index in [1.54, 1.807) is 13.8 Å². The first-order valence-electron chi connectivity index (χ1n) is 9.91. The van der Waals surface area contributed by atoms with Gasteiger partial charge in [0.2, 0.25) is 0 Å². The van der Waals surface area contributed by atoms with E-state index >= 15 is 0 Å². The lowest BCUT2D eigenvalue weighted by Crippen LogP contribution is -2.51. The summed E-state index contributed by atoms with van der Waals surface area (Å²) in [5, 5.41) is 32.0. The van der Waals surface area contributed by atoms with Crippen molar-refractivity contribution < 1.29 is 34.4 Å². The zero-order chi connectivity index (χ0) is 22.8. The fraction of sp³-hybridized carbons (Fsp3) is 0.348. The number of hydrogen-bond acceptors (Lipinski definition) is 7. The first-order chi connectivity index (χ1) is 14.5. The van der Waals surface area contributed by atoms with Crippen LogP contribution in [0.3, 0.4) is 0 Å². The lowest BCUT2D eigenvalue weighted by molar-refractivity contribution is -0.161. The number of Topliss-reactive ketones (excluding diaryl/α,β-unsaturated/α-hetero) is 1. The zero-order valence-electron chi connectivity index (χ0n) is 17.1. The lowest BCUT2D eigenvalue weighted by Gasteiger charge is -2.39. The van der Waals surface area contributed by atoms with Crippen molar-refractivity contribution in [2.75, 3.05) is 0 Å². The van der Waals surface area contributed by atoms with Crippen LogP contribution >= 0.6 is 11.6 Å². The van der Waals surface area contributed by atoms with E-state index in [2.05, 4.69) is 0 Å². The maximum atomic E-state index is 13.3. The third kappa shape index (κ3) is 2.87. The highest BCUT2D eigenvalue weighted by Crippen LogP contribution is 2.53. The van der Waals surface area contributed by atoms with Gasteiger partial charge in [0.05, 0.1) is 5.92 Å². The number of hydrogen-bond donors (Lipinski definition) is 3. The molecule has 2 aliphatic carbocycles. The number of phenolic OH excluding ortho intramolecular Hbond substituents is 2. The van der Waals surface area contributed by atoms with Gasteiger partial charge in [-0.05, 0) is 25.5 Å². The third-order valence-electron chi connectivity index (χ3n) is 6.18. The van der Waals surface area contributed by atoms with Gasteiger partial charge in [-0.15, -0.1) is 11.6 Å². The fourth-order valence-electron chi connectivity index (χ4n) is 4.15. The number of ether oxygens (including phenoxy) is 1. The molecule has 0 radical (unpaired) electrons. The standard InChI is InChI=1S/C23H21ClO7/c1-4-9(2)22(30)31-19-15-11(20(28)23(3,24)21(19)29)8-13(26)16-14-10(18(27)17(15)16)6-5-7-12(14)25/h5-9,19,21,25-26,29H,4H2,1-3H3/t9?,19-,21+,23?/m1/s1. The Morgan fingerprint density at radius 2 is 1.84 bits per heavy atom. The number of carbonyl (C=O) groups is 3. The van der Waals surface area contributed by atoms with Crippen LogP contribution in [0.5, 0.6) is 11.5 Å². The van der Waals surface area contributed by atoms with Crippen molar-refractivity contribution in [1.82, 2.24) is 0 Å². The number of aliphatic hydroxyl groups excluding tert-OH is 1. The molecule has 0 amide bonds. The van der Waals surface area contributed by atoms with Crippen LogP contribution in [0.25, 0.3) is 11.1 Å². The number of alkyl halides is 1. The maximum Gasteiger partial charge on any atom is 0.309 e. The summed E-state index contributed by atoms with van der Waals surface area (Å²) in [6, 6.07) is 5.48. The van der Waals surface area contributed by atoms with E-state index in [-0.39, 0.29) is 39.1 Å². The molecule has 0 aliphatic heterocycles. The second kappa shape index (κ2) is 7.07. The topological polar surface area (TPSA) is 121 Å². The Labute approximate surface area is 183 Å². The van der Waals surface area contributed by atoms with Crippen LogP contribution < -0.4 is 0 Å². The molecule has 31 heavy (non-hydrogen) atoms. The Balaban J connectivity index is 2.02. The van der Waals surface area contributed by atoms with E-state index in [4.69, 9.17) is 16.3 Å². The summed E-state index contributed by atoms with van der Waals surface area (Å²) in [5.41, 5.74) is 0.0674. The van der Waals surface area contributed by atoms with Crippen molar-refractivity contribution in [3.05, 3.63) is 46.5 Å². The summed E-state index contributed by atoms with van der Waals surface area (Å²) in [4.78, 5) is 37.1. The molecule has 0 saturated heterocycles. The quantitative estimate of drug-likeness (QED) is 0.417. The van der Waals surface area contributed by atoms with Gasteiger partial charge in [0.1, 0.15) is 22.5 Å². The molecular weight excluding hydrogens is 424 g/mol. The predicted molar refractivity (Wildman–Crippen MR) is 112 cm³/mol. The number of esters is 1. The molecule has 4 rings (SSSR count). The number of benzene rings is 2. The number of halogens is 1. The van der Waals surface area contributed by atoms with Gasteiger partial charge in [-0.25, -0.2) is 0 Å². The lowest BCUT2D eigenvalue weighted by atomic mass is 9.75. The molecule has 0 bridgehead atoms. The molecular formula is C23H21ClO7. The molecule has 2 aromatic carbocycles. The molecule has 0 fully saturated rings. The third-order valence-corrected chi connectivity index (χ3v) is 6.58. The fourth-order valence-corrected chi connectivity index (χ4v) is 4.37. The number of fused-ring (bicyclic) bond motifs is 5. The highest BCUT2D eigenvalue weighted by atomic mass is 35.5. The maximum absolute atomic E-state index is 13.3. The van der Waals surface area contributed by atoms with Gasteiger partial charge in [0.25, 0.3) is 0 Å². The van der Waals surface area contributed by atoms with Gasteiger partial charge >= 0.3 is 5.97 Å². The average molecular weight is 445 g/mol. The Hall–Kier alpha value is -2.90. The normalized spacial score (nSPS) is 24.9. The van der Waals surface area contributed by atoms with E-state index < -0.39 is 46.3 Å². The van der Waals surface area contributed by atoms with Gasteiger partial charge < -0.3 is 20.1 Å². The summed E-state index contributed by atoms with van der Waals surface area (Å²) >= 11 is 6.35. The van der Waals surface area contributed by atoms with Crippen molar-refractivity contribution in [3.8, 4) is 22.6 Å². The SMILES string of the molecule is CCC(C)C(=O)O[C@@H]1c2c(cc(O)c3c2C(=O)c2cccc(O)c2-3)C(=O)C(C)(Cl)[C@H]1O. The Kier molecular flexibility index (Phi) is 4.87. The summed E-state index contributed by atoms with van der Waals surface area (Å²) in [5.74, 6) is -3.00. The van der Waals surface area contributed by atoms with E-state index in [0.717, 1.165) is 6.07 Å². The Bertz CT molecular complexity index is 1150. The summed E-state index contributed by atoms with van der Waals surface area (Å²) < 4.78 is 5.59. The summed E-state index contributed by atoms with van der Waals surface area (Å²) in [6.45, 7) is 4.75. The molecule has 2 aromatic rings. The zero-order valence-corrected chi connectivity index (χ0v) is 17.9. The van der Waals surface area contributed by atoms with Crippen molar-refractivity contribution in [2.24, 2.45) is 5.92 Å². The molecule has 2 aliphatic rings. The first kappa shape index (κ1) is 21.3. The molecule has 3 N–H and O–H groups in total. The van der Waals surface area contributed by atoms with Crippen LogP contribution in [0.15, 0.2) is 24.3 Å². The van der Waals surface area contributed by atoms with Crippen LogP contribution in [-0.2, 0) is 9.53 Å². The Morgan fingerprint density at radius 3 is 2.48 bits per heavy atom. The van der Waals surface area contributed by atoms with E-state index in [1.807, 2.05) is 0 Å². The monoisotopic (exact) mass is 444 g/mol. The number of aromatic hydroxyl groups is 2. The smallest absolute Gasteiger partial charge is 0.309 e. The molecule has 0 saturated carbocycles. The van der Waals surface area contributed by atoms with Crippen LogP contribution in [0.4, 0.5) is 0 Å². The molecule has 162 valence electrons. The van der Waals surface area contributed by atoms with E-state index in [9.17, 15) is 29.7 Å². The minimum atomic E-state index is -1.84. The number of phenols is 2. The number of carbonyl (C=O) groups excluding carboxylic acids is 3. The second-order valence-corrected chi connectivity index (χ2v) is 8.94. The minimum Gasteiger partial charge on any atom is -0.507 e. The van der Waals surface area contributed by atoms with E-state index in [1.165, 1.54) is 25.1 Å². The van der Waals surface area contributed by atoms with Crippen molar-refractivity contribution >= 4 is 29.1 Å². The van der Waals surface area contributed by atoms with Crippen molar-refractivity contribution in [3.63, 3.8) is 0 Å².